The van der Waals surface area contributed by atoms with E-state index in [2.05, 4.69) is 60.2 Å². The van der Waals surface area contributed by atoms with Crippen LogP contribution in [0.1, 0.15) is 18.3 Å². The number of guanidine groups is 1. The van der Waals surface area contributed by atoms with Crippen molar-refractivity contribution in [1.29, 1.82) is 0 Å². The van der Waals surface area contributed by atoms with Gasteiger partial charge in [-0.3, -0.25) is 4.99 Å². The van der Waals surface area contributed by atoms with E-state index in [4.69, 9.17) is 11.6 Å². The monoisotopic (exact) mass is 546 g/mol. The quantitative estimate of drug-likeness (QED) is 0.315. The molecular weight excluding hydrogens is 515 g/mol. The van der Waals surface area contributed by atoms with Gasteiger partial charge < -0.3 is 25.0 Å². The smallest absolute Gasteiger partial charge is 0.191 e. The predicted octanol–water partition coefficient (Wildman–Crippen LogP) is 2.23. The number of aromatic nitrogens is 3. The van der Waals surface area contributed by atoms with E-state index < -0.39 is 0 Å². The summed E-state index contributed by atoms with van der Waals surface area (Å²) in [6.45, 7) is 8.36. The Morgan fingerprint density at radius 1 is 1.20 bits per heavy atom. The highest BCUT2D eigenvalue weighted by molar-refractivity contribution is 14.0. The van der Waals surface area contributed by atoms with Gasteiger partial charge in [0.1, 0.15) is 12.2 Å². The van der Waals surface area contributed by atoms with Crippen molar-refractivity contribution in [2.75, 3.05) is 51.7 Å². The highest BCUT2D eigenvalue weighted by atomic mass is 127. The molecule has 1 saturated heterocycles. The van der Waals surface area contributed by atoms with Crippen LogP contribution in [0, 0.1) is 0 Å². The number of rotatable bonds is 7. The van der Waals surface area contributed by atoms with Gasteiger partial charge in [-0.05, 0) is 19.2 Å². The third-order valence-electron chi connectivity index (χ3n) is 5.25. The molecule has 10 heteroatoms. The molecule has 0 radical (unpaired) electrons. The fourth-order valence-corrected chi connectivity index (χ4v) is 3.73. The zero-order valence-electron chi connectivity index (χ0n) is 17.9. The van der Waals surface area contributed by atoms with Gasteiger partial charge in [0.25, 0.3) is 0 Å². The first-order chi connectivity index (χ1) is 14.1. The SMILES string of the molecule is CCc1nncn1CCNC(=NC)NCc1c(Cl)cccc1N1CCN(C)CC1.I. The van der Waals surface area contributed by atoms with Crippen LogP contribution in [0.3, 0.4) is 0 Å². The summed E-state index contributed by atoms with van der Waals surface area (Å²) < 4.78 is 2.06. The van der Waals surface area contributed by atoms with Crippen LogP contribution in [0.5, 0.6) is 0 Å². The minimum atomic E-state index is 0. The third kappa shape index (κ3) is 6.45. The van der Waals surface area contributed by atoms with E-state index in [0.29, 0.717) is 6.54 Å². The second kappa shape index (κ2) is 12.3. The maximum atomic E-state index is 6.55. The molecule has 0 unspecified atom stereocenters. The van der Waals surface area contributed by atoms with Gasteiger partial charge in [-0.1, -0.05) is 24.6 Å². The number of hydrogen-bond donors (Lipinski definition) is 2. The fraction of sp³-hybridized carbons (Fsp3) is 0.550. The van der Waals surface area contributed by atoms with Crippen LogP contribution in [-0.4, -0.2) is 72.4 Å². The van der Waals surface area contributed by atoms with E-state index in [9.17, 15) is 0 Å². The molecule has 8 nitrogen and oxygen atoms in total. The molecule has 0 aliphatic carbocycles. The van der Waals surface area contributed by atoms with E-state index in [1.165, 1.54) is 5.69 Å². The molecule has 1 fully saturated rings. The zero-order valence-corrected chi connectivity index (χ0v) is 21.0. The van der Waals surface area contributed by atoms with Crippen LogP contribution in [0.2, 0.25) is 5.02 Å². The standard InChI is InChI=1S/C20H31ClN8.HI/c1-4-19-26-25-15-29(19)9-8-23-20(22-2)24-14-16-17(21)6-5-7-18(16)28-12-10-27(3)11-13-28;/h5-7,15H,4,8-14H2,1-3H3,(H2,22,23,24);1H. The molecule has 1 aliphatic rings. The Morgan fingerprint density at radius 2 is 1.97 bits per heavy atom. The van der Waals surface area contributed by atoms with E-state index in [1.807, 2.05) is 12.1 Å². The summed E-state index contributed by atoms with van der Waals surface area (Å²) in [7, 11) is 3.94. The van der Waals surface area contributed by atoms with Gasteiger partial charge in [-0.25, -0.2) is 0 Å². The first kappa shape index (κ1) is 24.7. The second-order valence-corrected chi connectivity index (χ2v) is 7.58. The van der Waals surface area contributed by atoms with Crippen LogP contribution >= 0.6 is 35.6 Å². The Morgan fingerprint density at radius 3 is 2.67 bits per heavy atom. The second-order valence-electron chi connectivity index (χ2n) is 7.17. The maximum absolute atomic E-state index is 6.55. The lowest BCUT2D eigenvalue weighted by Gasteiger charge is -2.35. The van der Waals surface area contributed by atoms with Crippen LogP contribution in [0.15, 0.2) is 29.5 Å². The van der Waals surface area contributed by atoms with Crippen LogP contribution in [0.4, 0.5) is 5.69 Å². The molecule has 0 bridgehead atoms. The molecule has 0 saturated carbocycles. The lowest BCUT2D eigenvalue weighted by Crippen LogP contribution is -2.45. The number of benzene rings is 1. The molecule has 166 valence electrons. The number of halogens is 2. The molecule has 1 aromatic heterocycles. The number of nitrogens with zero attached hydrogens (tertiary/aromatic N) is 6. The maximum Gasteiger partial charge on any atom is 0.191 e. The van der Waals surface area contributed by atoms with Crippen LogP contribution in [0.25, 0.3) is 0 Å². The summed E-state index contributed by atoms with van der Waals surface area (Å²) in [5, 5.41) is 15.6. The molecule has 0 amide bonds. The molecular formula is C20H32ClIN8. The zero-order chi connectivity index (χ0) is 20.6. The fourth-order valence-electron chi connectivity index (χ4n) is 3.49. The normalized spacial score (nSPS) is 15.1. The van der Waals surface area contributed by atoms with Gasteiger partial charge in [0.15, 0.2) is 5.96 Å². The molecule has 1 aliphatic heterocycles. The summed E-state index contributed by atoms with van der Waals surface area (Å²) in [6, 6.07) is 6.13. The average Bonchev–Trinajstić information content (AvgIpc) is 3.19. The van der Waals surface area contributed by atoms with Gasteiger partial charge in [-0.15, -0.1) is 34.2 Å². The van der Waals surface area contributed by atoms with Gasteiger partial charge in [0, 0.05) is 75.6 Å². The number of nitrogens with one attached hydrogen (secondary N) is 2. The van der Waals surface area contributed by atoms with Gasteiger partial charge in [0.05, 0.1) is 0 Å². The van der Waals surface area contributed by atoms with Crippen molar-refractivity contribution >= 4 is 47.2 Å². The van der Waals surface area contributed by atoms with Crippen molar-refractivity contribution in [3.63, 3.8) is 0 Å². The Labute approximate surface area is 201 Å². The minimum absolute atomic E-state index is 0. The molecule has 3 rings (SSSR count). The van der Waals surface area contributed by atoms with Crippen LogP contribution in [-0.2, 0) is 19.5 Å². The topological polar surface area (TPSA) is 73.6 Å². The van der Waals surface area contributed by atoms with Crippen molar-refractivity contribution in [1.82, 2.24) is 30.3 Å². The van der Waals surface area contributed by atoms with Crippen molar-refractivity contribution in [2.24, 2.45) is 4.99 Å². The average molecular weight is 547 g/mol. The highest BCUT2D eigenvalue weighted by Crippen LogP contribution is 2.28. The molecule has 30 heavy (non-hydrogen) atoms. The predicted molar refractivity (Wildman–Crippen MR) is 134 cm³/mol. The van der Waals surface area contributed by atoms with E-state index in [0.717, 1.165) is 68.1 Å². The molecule has 2 aromatic rings. The van der Waals surface area contributed by atoms with E-state index in [1.54, 1.807) is 13.4 Å². The van der Waals surface area contributed by atoms with Gasteiger partial charge in [-0.2, -0.15) is 0 Å². The lowest BCUT2D eigenvalue weighted by atomic mass is 10.1. The summed E-state index contributed by atoms with van der Waals surface area (Å²) >= 11 is 6.55. The Kier molecular flexibility index (Phi) is 10.1. The Hall–Kier alpha value is -1.59. The van der Waals surface area contributed by atoms with Crippen molar-refractivity contribution < 1.29 is 0 Å². The molecule has 1 aromatic carbocycles. The molecule has 0 atom stereocenters. The van der Waals surface area contributed by atoms with Crippen LogP contribution < -0.4 is 15.5 Å². The lowest BCUT2D eigenvalue weighted by molar-refractivity contribution is 0.312. The van der Waals surface area contributed by atoms with Crippen molar-refractivity contribution in [3.05, 3.63) is 40.9 Å². The van der Waals surface area contributed by atoms with Crippen molar-refractivity contribution in [2.45, 2.75) is 26.4 Å². The summed E-state index contributed by atoms with van der Waals surface area (Å²) in [4.78, 5) is 9.10. The summed E-state index contributed by atoms with van der Waals surface area (Å²) in [5.74, 6) is 1.74. The minimum Gasteiger partial charge on any atom is -0.369 e. The number of aryl methyl sites for hydroxylation is 1. The number of likely N-dealkylation sites (N-methyl/N-ethyl adjacent to an activating group) is 1. The summed E-state index contributed by atoms with van der Waals surface area (Å²) in [5.41, 5.74) is 2.30. The number of piperazine rings is 1. The first-order valence-electron chi connectivity index (χ1n) is 10.1. The number of aliphatic imine (C=N–C) groups is 1. The Balaban J connectivity index is 0.00000320. The number of anilines is 1. The third-order valence-corrected chi connectivity index (χ3v) is 5.61. The first-order valence-corrected chi connectivity index (χ1v) is 10.5. The molecule has 2 N–H and O–H groups in total. The van der Waals surface area contributed by atoms with E-state index in [-0.39, 0.29) is 24.0 Å². The Bertz CT molecular complexity index is 817. The molecule has 2 heterocycles. The summed E-state index contributed by atoms with van der Waals surface area (Å²) in [6.07, 6.45) is 2.64. The van der Waals surface area contributed by atoms with Gasteiger partial charge >= 0.3 is 0 Å². The van der Waals surface area contributed by atoms with E-state index >= 15 is 0 Å². The van der Waals surface area contributed by atoms with Gasteiger partial charge in [0.2, 0.25) is 0 Å². The van der Waals surface area contributed by atoms with Crippen molar-refractivity contribution in [3.8, 4) is 0 Å². The largest absolute Gasteiger partial charge is 0.369 e. The highest BCUT2D eigenvalue weighted by Gasteiger charge is 2.18. The number of hydrogen-bond acceptors (Lipinski definition) is 5. The molecule has 0 spiro atoms.